The van der Waals surface area contributed by atoms with Gasteiger partial charge in [-0.05, 0) is 18.9 Å². The van der Waals surface area contributed by atoms with Crippen LogP contribution in [0.1, 0.15) is 38.8 Å². The average molecular weight is 222 g/mol. The minimum absolute atomic E-state index is 0.446. The summed E-state index contributed by atoms with van der Waals surface area (Å²) in [5.41, 5.74) is 1.08. The van der Waals surface area contributed by atoms with Gasteiger partial charge in [0.2, 0.25) is 0 Å². The maximum atomic E-state index is 4.23. The lowest BCUT2D eigenvalue weighted by atomic mass is 10.1. The summed E-state index contributed by atoms with van der Waals surface area (Å²) in [7, 11) is 0. The molecule has 0 aliphatic rings. The van der Waals surface area contributed by atoms with Gasteiger partial charge >= 0.3 is 0 Å². The fourth-order valence-corrected chi connectivity index (χ4v) is 1.37. The van der Waals surface area contributed by atoms with Crippen LogP contribution in [0.4, 0.5) is 5.82 Å². The van der Waals surface area contributed by atoms with Crippen LogP contribution >= 0.6 is 0 Å². The Morgan fingerprint density at radius 3 is 2.69 bits per heavy atom. The molecule has 0 spiro atoms. The van der Waals surface area contributed by atoms with Crippen LogP contribution < -0.4 is 10.6 Å². The molecule has 1 aromatic heterocycles. The van der Waals surface area contributed by atoms with Crippen LogP contribution in [0.15, 0.2) is 12.4 Å². The van der Waals surface area contributed by atoms with Crippen molar-refractivity contribution >= 4 is 5.82 Å². The smallest absolute Gasteiger partial charge is 0.129 e. The standard InChI is InChI=1S/C12H22N4/c1-4-5-13-6-7-14-12-8-11(10(2)3)15-9-16-12/h8-10,13H,4-7H2,1-3H3,(H,14,15,16). The van der Waals surface area contributed by atoms with Crippen molar-refractivity contribution in [3.63, 3.8) is 0 Å². The van der Waals surface area contributed by atoms with Crippen LogP contribution in [0.5, 0.6) is 0 Å². The maximum Gasteiger partial charge on any atom is 0.129 e. The fraction of sp³-hybridized carbons (Fsp3) is 0.667. The molecule has 0 aromatic carbocycles. The molecule has 90 valence electrons. The number of nitrogens with one attached hydrogen (secondary N) is 2. The molecule has 0 aliphatic carbocycles. The van der Waals surface area contributed by atoms with E-state index in [-0.39, 0.29) is 0 Å². The van der Waals surface area contributed by atoms with E-state index in [1.165, 1.54) is 6.42 Å². The van der Waals surface area contributed by atoms with Gasteiger partial charge < -0.3 is 10.6 Å². The summed E-state index contributed by atoms with van der Waals surface area (Å²) in [5.74, 6) is 1.36. The van der Waals surface area contributed by atoms with Crippen molar-refractivity contribution in [1.29, 1.82) is 0 Å². The van der Waals surface area contributed by atoms with E-state index in [1.807, 2.05) is 6.07 Å². The lowest BCUT2D eigenvalue weighted by molar-refractivity contribution is 0.686. The normalized spacial score (nSPS) is 10.8. The number of rotatable bonds is 7. The van der Waals surface area contributed by atoms with Gasteiger partial charge in [-0.3, -0.25) is 0 Å². The quantitative estimate of drug-likeness (QED) is 0.693. The Balaban J connectivity index is 2.33. The Labute approximate surface area is 97.9 Å². The molecule has 16 heavy (non-hydrogen) atoms. The predicted octanol–water partition coefficient (Wildman–Crippen LogP) is 2.01. The van der Waals surface area contributed by atoms with E-state index in [9.17, 15) is 0 Å². The van der Waals surface area contributed by atoms with Gasteiger partial charge in [-0.15, -0.1) is 0 Å². The number of anilines is 1. The summed E-state index contributed by atoms with van der Waals surface area (Å²) in [6.45, 7) is 9.37. The number of nitrogens with zero attached hydrogens (tertiary/aromatic N) is 2. The molecule has 0 saturated carbocycles. The lowest BCUT2D eigenvalue weighted by Gasteiger charge is -2.08. The Hall–Kier alpha value is -1.16. The van der Waals surface area contributed by atoms with Gasteiger partial charge in [0.15, 0.2) is 0 Å². The molecule has 1 rings (SSSR count). The summed E-state index contributed by atoms with van der Waals surface area (Å²) in [5, 5.41) is 6.62. The first-order valence-electron chi connectivity index (χ1n) is 6.00. The highest BCUT2D eigenvalue weighted by molar-refractivity contribution is 5.35. The highest BCUT2D eigenvalue weighted by Gasteiger charge is 2.01. The summed E-state index contributed by atoms with van der Waals surface area (Å²) < 4.78 is 0. The zero-order valence-corrected chi connectivity index (χ0v) is 10.5. The van der Waals surface area contributed by atoms with E-state index in [1.54, 1.807) is 6.33 Å². The Bertz CT molecular complexity index is 299. The lowest BCUT2D eigenvalue weighted by Crippen LogP contribution is -2.23. The van der Waals surface area contributed by atoms with Crippen molar-refractivity contribution in [2.45, 2.75) is 33.1 Å². The molecule has 0 atom stereocenters. The number of hydrogen-bond acceptors (Lipinski definition) is 4. The first-order chi connectivity index (χ1) is 7.74. The van der Waals surface area contributed by atoms with Crippen LogP contribution in [0.25, 0.3) is 0 Å². The largest absolute Gasteiger partial charge is 0.369 e. The molecular formula is C12H22N4. The van der Waals surface area contributed by atoms with E-state index in [2.05, 4.69) is 41.4 Å². The molecule has 4 nitrogen and oxygen atoms in total. The maximum absolute atomic E-state index is 4.23. The molecule has 0 aliphatic heterocycles. The fourth-order valence-electron chi connectivity index (χ4n) is 1.37. The minimum atomic E-state index is 0.446. The van der Waals surface area contributed by atoms with E-state index in [4.69, 9.17) is 0 Å². The molecular weight excluding hydrogens is 200 g/mol. The van der Waals surface area contributed by atoms with Crippen LogP contribution in [0, 0.1) is 0 Å². The topological polar surface area (TPSA) is 49.8 Å². The Morgan fingerprint density at radius 1 is 1.19 bits per heavy atom. The van der Waals surface area contributed by atoms with Crippen molar-refractivity contribution < 1.29 is 0 Å². The summed E-state index contributed by atoms with van der Waals surface area (Å²) in [4.78, 5) is 8.42. The predicted molar refractivity (Wildman–Crippen MR) is 67.8 cm³/mol. The van der Waals surface area contributed by atoms with Gasteiger partial charge in [0.25, 0.3) is 0 Å². The molecule has 0 unspecified atom stereocenters. The summed E-state index contributed by atoms with van der Waals surface area (Å²) >= 11 is 0. The molecule has 0 amide bonds. The second-order valence-corrected chi connectivity index (χ2v) is 4.16. The SMILES string of the molecule is CCCNCCNc1cc(C(C)C)ncn1. The summed E-state index contributed by atoms with van der Waals surface area (Å²) in [6.07, 6.45) is 2.79. The molecule has 0 radical (unpaired) electrons. The van der Waals surface area contributed by atoms with E-state index in [0.717, 1.165) is 31.1 Å². The van der Waals surface area contributed by atoms with Crippen LogP contribution in [-0.4, -0.2) is 29.6 Å². The van der Waals surface area contributed by atoms with Gasteiger partial charge in [-0.25, -0.2) is 9.97 Å². The second-order valence-electron chi connectivity index (χ2n) is 4.16. The van der Waals surface area contributed by atoms with Crippen molar-refractivity contribution in [3.05, 3.63) is 18.1 Å². The van der Waals surface area contributed by atoms with Crippen molar-refractivity contribution in [2.75, 3.05) is 25.0 Å². The third-order valence-corrected chi connectivity index (χ3v) is 2.31. The molecule has 1 aromatic rings. The minimum Gasteiger partial charge on any atom is -0.369 e. The zero-order valence-electron chi connectivity index (χ0n) is 10.5. The molecule has 0 fully saturated rings. The third kappa shape index (κ3) is 4.57. The Kier molecular flexibility index (Phi) is 5.78. The van der Waals surface area contributed by atoms with Crippen LogP contribution in [-0.2, 0) is 0 Å². The summed E-state index contributed by atoms with van der Waals surface area (Å²) in [6, 6.07) is 2.02. The van der Waals surface area contributed by atoms with Crippen molar-refractivity contribution in [3.8, 4) is 0 Å². The molecule has 2 N–H and O–H groups in total. The molecule has 0 saturated heterocycles. The second kappa shape index (κ2) is 7.17. The number of hydrogen-bond donors (Lipinski definition) is 2. The van der Waals surface area contributed by atoms with Gasteiger partial charge in [-0.2, -0.15) is 0 Å². The van der Waals surface area contributed by atoms with Crippen LogP contribution in [0.3, 0.4) is 0 Å². The van der Waals surface area contributed by atoms with Crippen molar-refractivity contribution in [2.24, 2.45) is 0 Å². The van der Waals surface area contributed by atoms with Gasteiger partial charge in [0.05, 0.1) is 0 Å². The number of aromatic nitrogens is 2. The highest BCUT2D eigenvalue weighted by atomic mass is 15.0. The van der Waals surface area contributed by atoms with Crippen LogP contribution in [0.2, 0.25) is 0 Å². The van der Waals surface area contributed by atoms with Gasteiger partial charge in [-0.1, -0.05) is 20.8 Å². The molecule has 0 bridgehead atoms. The zero-order chi connectivity index (χ0) is 11.8. The van der Waals surface area contributed by atoms with E-state index in [0.29, 0.717) is 5.92 Å². The van der Waals surface area contributed by atoms with Gasteiger partial charge in [0.1, 0.15) is 12.1 Å². The molecule has 4 heteroatoms. The van der Waals surface area contributed by atoms with Gasteiger partial charge in [0, 0.05) is 24.8 Å². The molecule has 1 heterocycles. The average Bonchev–Trinajstić information content (AvgIpc) is 2.29. The van der Waals surface area contributed by atoms with E-state index < -0.39 is 0 Å². The Morgan fingerprint density at radius 2 is 2.00 bits per heavy atom. The third-order valence-electron chi connectivity index (χ3n) is 2.31. The first kappa shape index (κ1) is 12.9. The monoisotopic (exact) mass is 222 g/mol. The van der Waals surface area contributed by atoms with Crippen molar-refractivity contribution in [1.82, 2.24) is 15.3 Å². The highest BCUT2D eigenvalue weighted by Crippen LogP contribution is 2.13. The van der Waals surface area contributed by atoms with E-state index >= 15 is 0 Å². The first-order valence-corrected chi connectivity index (χ1v) is 6.00.